The van der Waals surface area contributed by atoms with Crippen LogP contribution in [0.2, 0.25) is 0 Å². The van der Waals surface area contributed by atoms with E-state index in [1.807, 2.05) is 26.0 Å². The second-order valence-corrected chi connectivity index (χ2v) is 6.08. The summed E-state index contributed by atoms with van der Waals surface area (Å²) in [4.78, 5) is 27.0. The number of nitrogens with one attached hydrogen (secondary N) is 2. The number of aromatic nitrogens is 1. The number of aryl methyl sites for hydroxylation is 1. The van der Waals surface area contributed by atoms with E-state index in [0.29, 0.717) is 48.6 Å². The highest BCUT2D eigenvalue weighted by Crippen LogP contribution is 2.33. The third-order valence-electron chi connectivity index (χ3n) is 4.23. The van der Waals surface area contributed by atoms with Crippen molar-refractivity contribution in [3.05, 3.63) is 34.1 Å². The summed E-state index contributed by atoms with van der Waals surface area (Å²) in [5.74, 6) is 1.29. The summed E-state index contributed by atoms with van der Waals surface area (Å²) in [6, 6.07) is 5.62. The highest BCUT2D eigenvalue weighted by molar-refractivity contribution is 5.83. The summed E-state index contributed by atoms with van der Waals surface area (Å²) in [6.45, 7) is 5.01. The summed E-state index contributed by atoms with van der Waals surface area (Å²) in [5, 5.41) is 3.78. The summed E-state index contributed by atoms with van der Waals surface area (Å²) < 4.78 is 11.1. The Labute approximate surface area is 140 Å². The van der Waals surface area contributed by atoms with E-state index in [1.165, 1.54) is 0 Å². The smallest absolute Gasteiger partial charge is 0.251 e. The van der Waals surface area contributed by atoms with Gasteiger partial charge in [0.15, 0.2) is 11.5 Å². The van der Waals surface area contributed by atoms with E-state index in [-0.39, 0.29) is 17.5 Å². The van der Waals surface area contributed by atoms with E-state index in [0.717, 1.165) is 11.8 Å². The number of hydrogen-bond acceptors (Lipinski definition) is 4. The molecule has 1 amide bonds. The number of rotatable bonds is 5. The standard InChI is InChI=1S/C18H22N2O4/c1-3-11(2)19-17(21)5-4-12-8-13-9-15-16(24-7-6-23-15)10-14(13)20-18(12)22/h8-11H,3-7H2,1-2H3,(H,19,21)(H,20,22). The highest BCUT2D eigenvalue weighted by atomic mass is 16.6. The predicted molar refractivity (Wildman–Crippen MR) is 91.8 cm³/mol. The van der Waals surface area contributed by atoms with E-state index >= 15 is 0 Å². The van der Waals surface area contributed by atoms with Gasteiger partial charge in [-0.1, -0.05) is 6.92 Å². The third-order valence-corrected chi connectivity index (χ3v) is 4.23. The molecule has 1 unspecified atom stereocenters. The lowest BCUT2D eigenvalue weighted by Gasteiger charge is -2.18. The zero-order valence-corrected chi connectivity index (χ0v) is 14.0. The molecule has 2 aromatic rings. The zero-order chi connectivity index (χ0) is 17.1. The fourth-order valence-electron chi connectivity index (χ4n) is 2.67. The normalized spacial score (nSPS) is 14.4. The maximum Gasteiger partial charge on any atom is 0.251 e. The Bertz CT molecular complexity index is 813. The van der Waals surface area contributed by atoms with Gasteiger partial charge in [0, 0.05) is 29.5 Å². The molecule has 128 valence electrons. The van der Waals surface area contributed by atoms with Crippen molar-refractivity contribution in [1.29, 1.82) is 0 Å². The Morgan fingerprint density at radius 1 is 1.25 bits per heavy atom. The first-order chi connectivity index (χ1) is 11.6. The van der Waals surface area contributed by atoms with Crippen molar-refractivity contribution in [3.8, 4) is 11.5 Å². The van der Waals surface area contributed by atoms with Crippen molar-refractivity contribution in [2.75, 3.05) is 13.2 Å². The molecule has 0 radical (unpaired) electrons. The number of carbonyl (C=O) groups excluding carboxylic acids is 1. The minimum atomic E-state index is -0.171. The van der Waals surface area contributed by atoms with Gasteiger partial charge >= 0.3 is 0 Å². The molecule has 1 aliphatic heterocycles. The number of amides is 1. The number of carbonyl (C=O) groups is 1. The molecule has 0 fully saturated rings. The summed E-state index contributed by atoms with van der Waals surface area (Å²) >= 11 is 0. The number of aromatic amines is 1. The molecular weight excluding hydrogens is 308 g/mol. The molecule has 6 heteroatoms. The van der Waals surface area contributed by atoms with Gasteiger partial charge in [0.05, 0.1) is 5.52 Å². The van der Waals surface area contributed by atoms with Gasteiger partial charge in [0.1, 0.15) is 13.2 Å². The van der Waals surface area contributed by atoms with Crippen molar-refractivity contribution in [1.82, 2.24) is 10.3 Å². The van der Waals surface area contributed by atoms with Gasteiger partial charge in [-0.2, -0.15) is 0 Å². The Morgan fingerprint density at radius 3 is 2.67 bits per heavy atom. The minimum Gasteiger partial charge on any atom is -0.486 e. The van der Waals surface area contributed by atoms with Gasteiger partial charge in [-0.15, -0.1) is 0 Å². The topological polar surface area (TPSA) is 80.4 Å². The molecule has 1 atom stereocenters. The molecule has 1 aliphatic rings. The molecule has 24 heavy (non-hydrogen) atoms. The summed E-state index contributed by atoms with van der Waals surface area (Å²) in [6.07, 6.45) is 1.58. The van der Waals surface area contributed by atoms with Crippen LogP contribution in [0.5, 0.6) is 11.5 Å². The van der Waals surface area contributed by atoms with E-state index in [9.17, 15) is 9.59 Å². The lowest BCUT2D eigenvalue weighted by Crippen LogP contribution is -2.32. The molecule has 2 heterocycles. The van der Waals surface area contributed by atoms with E-state index in [1.54, 1.807) is 6.07 Å². The zero-order valence-electron chi connectivity index (χ0n) is 14.0. The first-order valence-corrected chi connectivity index (χ1v) is 8.31. The van der Waals surface area contributed by atoms with Crippen molar-refractivity contribution in [2.45, 2.75) is 39.2 Å². The number of fused-ring (bicyclic) bond motifs is 2. The SMILES string of the molecule is CCC(C)NC(=O)CCc1cc2cc3c(cc2[nH]c1=O)OCCO3. The third kappa shape index (κ3) is 3.53. The predicted octanol–water partition coefficient (Wildman–Crippen LogP) is 2.15. The van der Waals surface area contributed by atoms with Crippen LogP contribution in [0.4, 0.5) is 0 Å². The van der Waals surface area contributed by atoms with E-state index < -0.39 is 0 Å². The second-order valence-electron chi connectivity index (χ2n) is 6.08. The Kier molecular flexibility index (Phi) is 4.74. The van der Waals surface area contributed by atoms with Gasteiger partial charge in [0.2, 0.25) is 5.91 Å². The Hall–Kier alpha value is -2.50. The minimum absolute atomic E-state index is 0.0361. The molecule has 1 aromatic heterocycles. The molecule has 0 saturated carbocycles. The van der Waals surface area contributed by atoms with Gasteiger partial charge in [-0.25, -0.2) is 0 Å². The number of benzene rings is 1. The van der Waals surface area contributed by atoms with Gasteiger partial charge in [-0.3, -0.25) is 9.59 Å². The van der Waals surface area contributed by atoms with Gasteiger partial charge in [-0.05, 0) is 31.9 Å². The van der Waals surface area contributed by atoms with Crippen molar-refractivity contribution < 1.29 is 14.3 Å². The Balaban J connectivity index is 1.80. The van der Waals surface area contributed by atoms with Crippen molar-refractivity contribution in [2.24, 2.45) is 0 Å². The molecule has 0 saturated heterocycles. The van der Waals surface area contributed by atoms with Crippen molar-refractivity contribution >= 4 is 16.8 Å². The molecule has 0 bridgehead atoms. The largest absolute Gasteiger partial charge is 0.486 e. The van der Waals surface area contributed by atoms with E-state index in [2.05, 4.69) is 10.3 Å². The average Bonchev–Trinajstić information content (AvgIpc) is 2.58. The highest BCUT2D eigenvalue weighted by Gasteiger charge is 2.14. The van der Waals surface area contributed by atoms with Crippen LogP contribution in [0.3, 0.4) is 0 Å². The molecule has 3 rings (SSSR count). The molecule has 1 aromatic carbocycles. The Morgan fingerprint density at radius 2 is 1.96 bits per heavy atom. The van der Waals surface area contributed by atoms with Crippen LogP contribution >= 0.6 is 0 Å². The number of hydrogen-bond donors (Lipinski definition) is 2. The van der Waals surface area contributed by atoms with Crippen LogP contribution in [0.1, 0.15) is 32.3 Å². The summed E-state index contributed by atoms with van der Waals surface area (Å²) in [5.41, 5.74) is 1.13. The fourth-order valence-corrected chi connectivity index (χ4v) is 2.67. The van der Waals surface area contributed by atoms with Crippen LogP contribution < -0.4 is 20.3 Å². The number of H-pyrrole nitrogens is 1. The van der Waals surface area contributed by atoms with Crippen molar-refractivity contribution in [3.63, 3.8) is 0 Å². The first kappa shape index (κ1) is 16.4. The quantitative estimate of drug-likeness (QED) is 0.880. The van der Waals surface area contributed by atoms with Crippen LogP contribution in [0.25, 0.3) is 10.9 Å². The average molecular weight is 330 g/mol. The molecule has 0 spiro atoms. The van der Waals surface area contributed by atoms with Gasteiger partial charge < -0.3 is 19.8 Å². The lowest BCUT2D eigenvalue weighted by atomic mass is 10.1. The lowest BCUT2D eigenvalue weighted by molar-refractivity contribution is -0.121. The monoisotopic (exact) mass is 330 g/mol. The molecule has 0 aliphatic carbocycles. The second kappa shape index (κ2) is 6.95. The first-order valence-electron chi connectivity index (χ1n) is 8.31. The van der Waals surface area contributed by atoms with Crippen LogP contribution in [-0.2, 0) is 11.2 Å². The molecule has 6 nitrogen and oxygen atoms in total. The maximum atomic E-state index is 12.2. The van der Waals surface area contributed by atoms with E-state index in [4.69, 9.17) is 9.47 Å². The fraction of sp³-hybridized carbons (Fsp3) is 0.444. The molecular formula is C18H22N2O4. The summed E-state index contributed by atoms with van der Waals surface area (Å²) in [7, 11) is 0. The number of pyridine rings is 1. The van der Waals surface area contributed by atoms with Crippen LogP contribution in [0, 0.1) is 0 Å². The van der Waals surface area contributed by atoms with Crippen LogP contribution in [-0.4, -0.2) is 30.1 Å². The maximum absolute atomic E-state index is 12.2. The van der Waals surface area contributed by atoms with Gasteiger partial charge in [0.25, 0.3) is 5.56 Å². The molecule has 2 N–H and O–H groups in total. The van der Waals surface area contributed by atoms with Crippen LogP contribution in [0.15, 0.2) is 23.0 Å². The number of ether oxygens (including phenoxy) is 2.